The molecule has 3 nitrogen and oxygen atoms in total. The fourth-order valence-corrected chi connectivity index (χ4v) is 1.92. The second-order valence-electron chi connectivity index (χ2n) is 4.80. The van der Waals surface area contributed by atoms with Crippen LogP contribution in [0.5, 0.6) is 11.5 Å². The van der Waals surface area contributed by atoms with Gasteiger partial charge in [0.1, 0.15) is 17.6 Å². The summed E-state index contributed by atoms with van der Waals surface area (Å²) < 4.78 is 11.1. The van der Waals surface area contributed by atoms with E-state index in [2.05, 4.69) is 25.2 Å². The molecule has 3 heteroatoms. The highest BCUT2D eigenvalue weighted by atomic mass is 16.5. The predicted molar refractivity (Wildman–Crippen MR) is 82.8 cm³/mol. The van der Waals surface area contributed by atoms with Crippen molar-refractivity contribution in [1.82, 2.24) is 0 Å². The highest BCUT2D eigenvalue weighted by Crippen LogP contribution is 2.18. The van der Waals surface area contributed by atoms with Gasteiger partial charge in [0.15, 0.2) is 0 Å². The van der Waals surface area contributed by atoms with E-state index in [0.717, 1.165) is 29.3 Å². The molecule has 0 amide bonds. The summed E-state index contributed by atoms with van der Waals surface area (Å²) in [6.45, 7) is 4.86. The third-order valence-electron chi connectivity index (χ3n) is 3.11. The Hall–Kier alpha value is -2.16. The van der Waals surface area contributed by atoms with Gasteiger partial charge in [-0.25, -0.2) is 0 Å². The molecule has 2 rings (SSSR count). The smallest absolute Gasteiger partial charge is 0.122 e. The number of anilines is 1. The standard InChI is InChI=1S/C17H21NO2/c1-13-6-4-5-7-17(13)20-14(2)12-18-15-8-10-16(19-3)11-9-15/h4-11,14,18H,12H2,1-3H3. The summed E-state index contributed by atoms with van der Waals surface area (Å²) >= 11 is 0. The number of hydrogen-bond acceptors (Lipinski definition) is 3. The number of methoxy groups -OCH3 is 1. The van der Waals surface area contributed by atoms with Gasteiger partial charge in [-0.3, -0.25) is 0 Å². The first-order valence-corrected chi connectivity index (χ1v) is 6.79. The first-order valence-electron chi connectivity index (χ1n) is 6.79. The molecule has 0 aliphatic heterocycles. The van der Waals surface area contributed by atoms with E-state index in [4.69, 9.17) is 9.47 Å². The van der Waals surface area contributed by atoms with Gasteiger partial charge in [-0.1, -0.05) is 18.2 Å². The van der Waals surface area contributed by atoms with Gasteiger partial charge >= 0.3 is 0 Å². The lowest BCUT2D eigenvalue weighted by Gasteiger charge is -2.17. The number of nitrogens with one attached hydrogen (secondary N) is 1. The Labute approximate surface area is 120 Å². The predicted octanol–water partition coefficient (Wildman–Crippen LogP) is 3.88. The van der Waals surface area contributed by atoms with Crippen molar-refractivity contribution in [3.05, 3.63) is 54.1 Å². The van der Waals surface area contributed by atoms with Gasteiger partial charge in [0.2, 0.25) is 0 Å². The number of benzene rings is 2. The Morgan fingerprint density at radius 1 is 1.05 bits per heavy atom. The van der Waals surface area contributed by atoms with Gasteiger partial charge in [0.25, 0.3) is 0 Å². The number of aryl methyl sites for hydroxylation is 1. The molecule has 0 bridgehead atoms. The van der Waals surface area contributed by atoms with E-state index < -0.39 is 0 Å². The number of rotatable bonds is 6. The lowest BCUT2D eigenvalue weighted by molar-refractivity contribution is 0.233. The second-order valence-corrected chi connectivity index (χ2v) is 4.80. The molecule has 106 valence electrons. The molecule has 0 radical (unpaired) electrons. The molecule has 2 aromatic carbocycles. The van der Waals surface area contributed by atoms with Gasteiger partial charge in [-0.2, -0.15) is 0 Å². The molecule has 0 saturated carbocycles. The summed E-state index contributed by atoms with van der Waals surface area (Å²) in [6, 6.07) is 15.9. The van der Waals surface area contributed by atoms with Crippen molar-refractivity contribution in [2.45, 2.75) is 20.0 Å². The molecule has 0 spiro atoms. The average molecular weight is 271 g/mol. The summed E-state index contributed by atoms with van der Waals surface area (Å²) in [5, 5.41) is 3.35. The molecule has 1 unspecified atom stereocenters. The van der Waals surface area contributed by atoms with Crippen LogP contribution in [0.25, 0.3) is 0 Å². The zero-order valence-corrected chi connectivity index (χ0v) is 12.2. The lowest BCUT2D eigenvalue weighted by atomic mass is 10.2. The average Bonchev–Trinajstić information content (AvgIpc) is 2.48. The van der Waals surface area contributed by atoms with Crippen LogP contribution in [0.1, 0.15) is 12.5 Å². The van der Waals surface area contributed by atoms with Gasteiger partial charge in [-0.15, -0.1) is 0 Å². The van der Waals surface area contributed by atoms with E-state index in [0.29, 0.717) is 0 Å². The molecule has 1 atom stereocenters. The molecule has 0 heterocycles. The summed E-state index contributed by atoms with van der Waals surface area (Å²) in [5.41, 5.74) is 2.22. The number of hydrogen-bond donors (Lipinski definition) is 1. The van der Waals surface area contributed by atoms with Gasteiger partial charge in [-0.05, 0) is 49.7 Å². The molecule has 0 fully saturated rings. The quantitative estimate of drug-likeness (QED) is 0.864. The van der Waals surface area contributed by atoms with Crippen LogP contribution in [-0.4, -0.2) is 19.8 Å². The van der Waals surface area contributed by atoms with E-state index in [1.165, 1.54) is 0 Å². The van der Waals surface area contributed by atoms with Crippen molar-refractivity contribution < 1.29 is 9.47 Å². The normalized spacial score (nSPS) is 11.8. The third-order valence-corrected chi connectivity index (χ3v) is 3.11. The topological polar surface area (TPSA) is 30.5 Å². The second kappa shape index (κ2) is 6.85. The van der Waals surface area contributed by atoms with E-state index in [1.807, 2.05) is 42.5 Å². The Bertz CT molecular complexity index is 537. The third kappa shape index (κ3) is 3.92. The van der Waals surface area contributed by atoms with Crippen LogP contribution in [0.2, 0.25) is 0 Å². The Balaban J connectivity index is 1.85. The van der Waals surface area contributed by atoms with Crippen molar-refractivity contribution in [2.24, 2.45) is 0 Å². The highest BCUT2D eigenvalue weighted by Gasteiger charge is 2.05. The molecular formula is C17H21NO2. The van der Waals surface area contributed by atoms with Crippen LogP contribution in [-0.2, 0) is 0 Å². The molecule has 1 N–H and O–H groups in total. The highest BCUT2D eigenvalue weighted by molar-refractivity contribution is 5.46. The Kier molecular flexibility index (Phi) is 4.88. The molecule has 0 saturated heterocycles. The molecule has 20 heavy (non-hydrogen) atoms. The molecule has 0 aliphatic rings. The lowest BCUT2D eigenvalue weighted by Crippen LogP contribution is -2.22. The van der Waals surface area contributed by atoms with Crippen LogP contribution in [0.3, 0.4) is 0 Å². The summed E-state index contributed by atoms with van der Waals surface area (Å²) in [4.78, 5) is 0. The molecular weight excluding hydrogens is 250 g/mol. The number of para-hydroxylation sites is 1. The van der Waals surface area contributed by atoms with Gasteiger partial charge < -0.3 is 14.8 Å². The summed E-state index contributed by atoms with van der Waals surface area (Å²) in [6.07, 6.45) is 0.0956. The van der Waals surface area contributed by atoms with Crippen molar-refractivity contribution >= 4 is 5.69 Å². The minimum Gasteiger partial charge on any atom is -0.497 e. The van der Waals surface area contributed by atoms with Crippen LogP contribution >= 0.6 is 0 Å². The van der Waals surface area contributed by atoms with E-state index >= 15 is 0 Å². The van der Waals surface area contributed by atoms with E-state index in [9.17, 15) is 0 Å². The monoisotopic (exact) mass is 271 g/mol. The minimum absolute atomic E-state index is 0.0956. The maximum Gasteiger partial charge on any atom is 0.122 e. The first-order chi connectivity index (χ1) is 9.69. The SMILES string of the molecule is COc1ccc(NCC(C)Oc2ccccc2C)cc1. The van der Waals surface area contributed by atoms with Crippen LogP contribution in [0, 0.1) is 6.92 Å². The zero-order chi connectivity index (χ0) is 14.4. The van der Waals surface area contributed by atoms with Crippen molar-refractivity contribution in [1.29, 1.82) is 0 Å². The summed E-state index contributed by atoms with van der Waals surface area (Å²) in [7, 11) is 1.67. The molecule has 0 aliphatic carbocycles. The largest absolute Gasteiger partial charge is 0.497 e. The van der Waals surface area contributed by atoms with Crippen LogP contribution in [0.4, 0.5) is 5.69 Å². The van der Waals surface area contributed by atoms with E-state index in [1.54, 1.807) is 7.11 Å². The fraction of sp³-hybridized carbons (Fsp3) is 0.294. The van der Waals surface area contributed by atoms with Gasteiger partial charge in [0, 0.05) is 5.69 Å². The summed E-state index contributed by atoms with van der Waals surface area (Å²) in [5.74, 6) is 1.80. The maximum absolute atomic E-state index is 5.92. The Morgan fingerprint density at radius 2 is 1.75 bits per heavy atom. The fourth-order valence-electron chi connectivity index (χ4n) is 1.92. The van der Waals surface area contributed by atoms with Crippen LogP contribution in [0.15, 0.2) is 48.5 Å². The van der Waals surface area contributed by atoms with Crippen molar-refractivity contribution in [2.75, 3.05) is 19.0 Å². The van der Waals surface area contributed by atoms with E-state index in [-0.39, 0.29) is 6.10 Å². The maximum atomic E-state index is 5.92. The zero-order valence-electron chi connectivity index (χ0n) is 12.2. The van der Waals surface area contributed by atoms with Crippen LogP contribution < -0.4 is 14.8 Å². The number of ether oxygens (including phenoxy) is 2. The molecule has 2 aromatic rings. The molecule has 0 aromatic heterocycles. The first kappa shape index (κ1) is 14.3. The minimum atomic E-state index is 0.0956. The van der Waals surface area contributed by atoms with Crippen molar-refractivity contribution in [3.63, 3.8) is 0 Å². The Morgan fingerprint density at radius 3 is 2.40 bits per heavy atom. The van der Waals surface area contributed by atoms with Crippen molar-refractivity contribution in [3.8, 4) is 11.5 Å². The van der Waals surface area contributed by atoms with Gasteiger partial charge in [0.05, 0.1) is 13.7 Å².